The Hall–Kier alpha value is -1.21. The first-order valence-corrected chi connectivity index (χ1v) is 6.56. The van der Waals surface area contributed by atoms with Crippen molar-refractivity contribution in [1.82, 2.24) is 5.32 Å². The van der Waals surface area contributed by atoms with Crippen LogP contribution in [0.1, 0.15) is 12.2 Å². The van der Waals surface area contributed by atoms with Crippen LogP contribution in [0.4, 0.5) is 5.88 Å². The highest BCUT2D eigenvalue weighted by Gasteiger charge is 2.10. The maximum Gasteiger partial charge on any atom is 0.433 e. The lowest BCUT2D eigenvalue weighted by Crippen LogP contribution is -2.16. The van der Waals surface area contributed by atoms with E-state index in [0.29, 0.717) is 24.6 Å². The lowest BCUT2D eigenvalue weighted by molar-refractivity contribution is -0.402. The van der Waals surface area contributed by atoms with Gasteiger partial charge in [0, 0.05) is 22.8 Å². The van der Waals surface area contributed by atoms with Crippen LogP contribution in [-0.2, 0) is 17.3 Å². The van der Waals surface area contributed by atoms with Crippen LogP contribution in [-0.4, -0.2) is 27.7 Å². The highest BCUT2D eigenvalue weighted by Crippen LogP contribution is 2.14. The molecule has 0 aliphatic carbocycles. The van der Waals surface area contributed by atoms with Gasteiger partial charge in [0.05, 0.1) is 12.6 Å². The molecule has 1 N–H and O–H groups in total. The zero-order valence-corrected chi connectivity index (χ0v) is 9.79. The predicted molar refractivity (Wildman–Crippen MR) is 60.6 cm³/mol. The zero-order chi connectivity index (χ0) is 12.0. The molecule has 6 nitrogen and oxygen atoms in total. The normalized spacial score (nSPS) is 12.6. The van der Waals surface area contributed by atoms with E-state index < -0.39 is 15.7 Å². The SMILES string of the molecule is CS(=O)CCCNCc1ccc([N+](=O)[O-])o1. The quantitative estimate of drug-likeness (QED) is 0.441. The number of hydrogen-bond acceptors (Lipinski definition) is 5. The molecule has 0 radical (unpaired) electrons. The minimum atomic E-state index is -0.768. The summed E-state index contributed by atoms with van der Waals surface area (Å²) < 4.78 is 15.7. The van der Waals surface area contributed by atoms with Gasteiger partial charge >= 0.3 is 5.88 Å². The number of nitro groups is 1. The van der Waals surface area contributed by atoms with Gasteiger partial charge in [0.1, 0.15) is 10.7 Å². The fourth-order valence-electron chi connectivity index (χ4n) is 1.17. The Labute approximate surface area is 95.6 Å². The third-order valence-corrected chi connectivity index (χ3v) is 2.78. The van der Waals surface area contributed by atoms with Crippen LogP contribution in [0.2, 0.25) is 0 Å². The maximum absolute atomic E-state index is 10.7. The molecule has 1 atom stereocenters. The van der Waals surface area contributed by atoms with E-state index >= 15 is 0 Å². The molecule has 1 unspecified atom stereocenters. The second kappa shape index (κ2) is 6.39. The van der Waals surface area contributed by atoms with Crippen molar-refractivity contribution in [3.8, 4) is 0 Å². The topological polar surface area (TPSA) is 85.4 Å². The first-order chi connectivity index (χ1) is 7.59. The van der Waals surface area contributed by atoms with Gasteiger partial charge in [-0.15, -0.1) is 0 Å². The van der Waals surface area contributed by atoms with Crippen molar-refractivity contribution in [2.75, 3.05) is 18.6 Å². The van der Waals surface area contributed by atoms with Gasteiger partial charge in [0.2, 0.25) is 0 Å². The van der Waals surface area contributed by atoms with Crippen molar-refractivity contribution in [3.05, 3.63) is 28.0 Å². The monoisotopic (exact) mass is 246 g/mol. The second-order valence-corrected chi connectivity index (χ2v) is 4.86. The molecule has 0 spiro atoms. The number of nitrogens with zero attached hydrogens (tertiary/aromatic N) is 1. The highest BCUT2D eigenvalue weighted by molar-refractivity contribution is 7.84. The highest BCUT2D eigenvalue weighted by atomic mass is 32.2. The van der Waals surface area contributed by atoms with Crippen molar-refractivity contribution in [2.24, 2.45) is 0 Å². The van der Waals surface area contributed by atoms with E-state index in [-0.39, 0.29) is 5.88 Å². The van der Waals surface area contributed by atoms with Crippen molar-refractivity contribution < 1.29 is 13.5 Å². The molecule has 0 aliphatic heterocycles. The number of rotatable bonds is 7. The Morgan fingerprint density at radius 1 is 1.56 bits per heavy atom. The third-order valence-electron chi connectivity index (χ3n) is 1.91. The molecular formula is C9H14N2O4S. The summed E-state index contributed by atoms with van der Waals surface area (Å²) in [6, 6.07) is 2.90. The lowest BCUT2D eigenvalue weighted by Gasteiger charge is -2.00. The van der Waals surface area contributed by atoms with Gasteiger partial charge in [0.25, 0.3) is 0 Å². The van der Waals surface area contributed by atoms with E-state index in [4.69, 9.17) is 4.42 Å². The van der Waals surface area contributed by atoms with Gasteiger partial charge < -0.3 is 9.73 Å². The molecule has 0 bridgehead atoms. The molecule has 1 aromatic rings. The second-order valence-electron chi connectivity index (χ2n) is 3.30. The molecule has 1 rings (SSSR count). The van der Waals surface area contributed by atoms with Crippen molar-refractivity contribution >= 4 is 16.7 Å². The summed E-state index contributed by atoms with van der Waals surface area (Å²) in [4.78, 5) is 9.76. The Bertz CT molecular complexity index is 377. The minimum Gasteiger partial charge on any atom is -0.404 e. The van der Waals surface area contributed by atoms with E-state index in [1.54, 1.807) is 12.3 Å². The predicted octanol–water partition coefficient (Wildman–Crippen LogP) is 1.05. The van der Waals surface area contributed by atoms with E-state index in [1.807, 2.05) is 0 Å². The minimum absolute atomic E-state index is 0.244. The van der Waals surface area contributed by atoms with Crippen LogP contribution in [0.25, 0.3) is 0 Å². The average molecular weight is 246 g/mol. The van der Waals surface area contributed by atoms with Crippen LogP contribution in [0.5, 0.6) is 0 Å². The van der Waals surface area contributed by atoms with Gasteiger partial charge in [-0.1, -0.05) is 0 Å². The summed E-state index contributed by atoms with van der Waals surface area (Å²) in [5, 5.41) is 13.4. The smallest absolute Gasteiger partial charge is 0.404 e. The molecule has 1 aromatic heterocycles. The van der Waals surface area contributed by atoms with Crippen LogP contribution in [0, 0.1) is 10.1 Å². The maximum atomic E-state index is 10.7. The van der Waals surface area contributed by atoms with Crippen molar-refractivity contribution in [3.63, 3.8) is 0 Å². The standard InChI is InChI=1S/C9H14N2O4S/c1-16(14)6-2-5-10-7-8-3-4-9(15-8)11(12)13/h3-4,10H,2,5-7H2,1H3. The van der Waals surface area contributed by atoms with E-state index in [1.165, 1.54) is 6.07 Å². The van der Waals surface area contributed by atoms with Crippen LogP contribution < -0.4 is 5.32 Å². The number of hydrogen-bond donors (Lipinski definition) is 1. The summed E-state index contributed by atoms with van der Waals surface area (Å²) in [5.41, 5.74) is 0. The third kappa shape index (κ3) is 4.54. The molecule has 16 heavy (non-hydrogen) atoms. The molecule has 7 heteroatoms. The first-order valence-electron chi connectivity index (χ1n) is 4.83. The van der Waals surface area contributed by atoms with Gasteiger partial charge in [0.15, 0.2) is 0 Å². The first kappa shape index (κ1) is 12.9. The zero-order valence-electron chi connectivity index (χ0n) is 8.97. The van der Waals surface area contributed by atoms with Gasteiger partial charge in [-0.25, -0.2) is 0 Å². The van der Waals surface area contributed by atoms with Crippen LogP contribution >= 0.6 is 0 Å². The Kier molecular flexibility index (Phi) is 5.13. The Morgan fingerprint density at radius 2 is 2.31 bits per heavy atom. The van der Waals surface area contributed by atoms with E-state index in [9.17, 15) is 14.3 Å². The molecular weight excluding hydrogens is 232 g/mol. The Balaban J connectivity index is 2.21. The van der Waals surface area contributed by atoms with E-state index in [0.717, 1.165) is 6.42 Å². The van der Waals surface area contributed by atoms with Crippen molar-refractivity contribution in [2.45, 2.75) is 13.0 Å². The summed E-state index contributed by atoms with van der Waals surface area (Å²) in [5.74, 6) is 0.946. The summed E-state index contributed by atoms with van der Waals surface area (Å²) in [6.07, 6.45) is 2.47. The number of furan rings is 1. The molecule has 90 valence electrons. The Morgan fingerprint density at radius 3 is 2.88 bits per heavy atom. The summed E-state index contributed by atoms with van der Waals surface area (Å²) in [7, 11) is -0.768. The largest absolute Gasteiger partial charge is 0.433 e. The van der Waals surface area contributed by atoms with Crippen LogP contribution in [0.15, 0.2) is 16.5 Å². The van der Waals surface area contributed by atoms with Gasteiger partial charge in [-0.05, 0) is 19.0 Å². The van der Waals surface area contributed by atoms with Crippen LogP contribution in [0.3, 0.4) is 0 Å². The molecule has 0 aliphatic rings. The summed E-state index contributed by atoms with van der Waals surface area (Å²) in [6.45, 7) is 1.16. The molecule has 0 fully saturated rings. The van der Waals surface area contributed by atoms with Gasteiger partial charge in [-0.3, -0.25) is 14.3 Å². The molecule has 0 aromatic carbocycles. The fraction of sp³-hybridized carbons (Fsp3) is 0.556. The number of nitrogens with one attached hydrogen (secondary N) is 1. The molecule has 0 amide bonds. The van der Waals surface area contributed by atoms with E-state index in [2.05, 4.69) is 5.32 Å². The molecule has 0 saturated carbocycles. The summed E-state index contributed by atoms with van der Waals surface area (Å²) >= 11 is 0. The lowest BCUT2D eigenvalue weighted by atomic mass is 10.4. The van der Waals surface area contributed by atoms with Crippen molar-refractivity contribution in [1.29, 1.82) is 0 Å². The molecule has 1 heterocycles. The molecule has 0 saturated heterocycles. The van der Waals surface area contributed by atoms with Gasteiger partial charge in [-0.2, -0.15) is 0 Å². The fourth-order valence-corrected chi connectivity index (χ4v) is 1.72. The average Bonchev–Trinajstić information content (AvgIpc) is 2.65.